The van der Waals surface area contributed by atoms with Crippen LogP contribution in [-0.2, 0) is 4.79 Å². The molecular weight excluding hydrogens is 226 g/mol. The zero-order valence-electron chi connectivity index (χ0n) is 10.3. The SMILES string of the molecule is CC1=CCC(=O)C=C1N1C=NCC2=C1C=CNC2. The molecule has 0 unspecified atom stereocenters. The summed E-state index contributed by atoms with van der Waals surface area (Å²) in [6, 6.07) is 0. The van der Waals surface area contributed by atoms with Crippen LogP contribution in [-0.4, -0.2) is 30.1 Å². The lowest BCUT2D eigenvalue weighted by atomic mass is 10.0. The van der Waals surface area contributed by atoms with Gasteiger partial charge in [0.1, 0.15) is 0 Å². The largest absolute Gasteiger partial charge is 0.387 e. The maximum atomic E-state index is 11.6. The first-order valence-corrected chi connectivity index (χ1v) is 6.08. The Morgan fingerprint density at radius 1 is 1.44 bits per heavy atom. The molecule has 0 saturated heterocycles. The highest BCUT2D eigenvalue weighted by atomic mass is 16.1. The summed E-state index contributed by atoms with van der Waals surface area (Å²) in [5.41, 5.74) is 4.46. The van der Waals surface area contributed by atoms with Crippen LogP contribution in [0.15, 0.2) is 52.0 Å². The molecule has 0 spiro atoms. The maximum Gasteiger partial charge on any atom is 0.161 e. The molecule has 0 aromatic rings. The first-order chi connectivity index (χ1) is 8.75. The molecule has 4 heteroatoms. The molecule has 0 aromatic heterocycles. The van der Waals surface area contributed by atoms with E-state index in [2.05, 4.69) is 10.3 Å². The van der Waals surface area contributed by atoms with E-state index in [-0.39, 0.29) is 5.78 Å². The average Bonchev–Trinajstić information content (AvgIpc) is 2.41. The van der Waals surface area contributed by atoms with Gasteiger partial charge in [0.15, 0.2) is 5.78 Å². The Morgan fingerprint density at radius 3 is 3.22 bits per heavy atom. The lowest BCUT2D eigenvalue weighted by molar-refractivity contribution is -0.114. The van der Waals surface area contributed by atoms with Gasteiger partial charge in [-0.1, -0.05) is 6.08 Å². The van der Waals surface area contributed by atoms with Gasteiger partial charge in [0, 0.05) is 19.0 Å². The molecule has 1 aliphatic carbocycles. The Kier molecular flexibility index (Phi) is 2.63. The quantitative estimate of drug-likeness (QED) is 0.756. The van der Waals surface area contributed by atoms with Crippen molar-refractivity contribution in [1.82, 2.24) is 10.2 Å². The van der Waals surface area contributed by atoms with Crippen molar-refractivity contribution in [3.05, 3.63) is 47.0 Å². The maximum absolute atomic E-state index is 11.6. The van der Waals surface area contributed by atoms with Crippen LogP contribution in [0.4, 0.5) is 0 Å². The predicted molar refractivity (Wildman–Crippen MR) is 70.8 cm³/mol. The molecule has 0 aromatic carbocycles. The minimum atomic E-state index is 0.148. The monoisotopic (exact) mass is 241 g/mol. The fourth-order valence-corrected chi connectivity index (χ4v) is 2.35. The normalized spacial score (nSPS) is 22.5. The molecule has 0 amide bonds. The molecule has 92 valence electrons. The molecule has 0 bridgehead atoms. The van der Waals surface area contributed by atoms with E-state index in [1.165, 1.54) is 5.57 Å². The number of hydrogen-bond donors (Lipinski definition) is 1. The molecule has 0 atom stereocenters. The smallest absolute Gasteiger partial charge is 0.161 e. The Hall–Kier alpha value is -2.10. The topological polar surface area (TPSA) is 44.7 Å². The summed E-state index contributed by atoms with van der Waals surface area (Å²) in [5.74, 6) is 0.148. The van der Waals surface area contributed by atoms with E-state index in [0.29, 0.717) is 6.42 Å². The van der Waals surface area contributed by atoms with E-state index >= 15 is 0 Å². The molecule has 18 heavy (non-hydrogen) atoms. The first kappa shape index (κ1) is 11.0. The highest BCUT2D eigenvalue weighted by Gasteiger charge is 2.23. The molecule has 0 fully saturated rings. The molecule has 1 N–H and O–H groups in total. The third kappa shape index (κ3) is 1.79. The molecule has 0 radical (unpaired) electrons. The van der Waals surface area contributed by atoms with Crippen LogP contribution in [0, 0.1) is 0 Å². The van der Waals surface area contributed by atoms with Crippen LogP contribution in [0.2, 0.25) is 0 Å². The van der Waals surface area contributed by atoms with E-state index in [0.717, 1.165) is 30.1 Å². The molecule has 2 heterocycles. The zero-order chi connectivity index (χ0) is 12.5. The van der Waals surface area contributed by atoms with E-state index in [1.807, 2.05) is 36.5 Å². The number of rotatable bonds is 1. The van der Waals surface area contributed by atoms with Gasteiger partial charge >= 0.3 is 0 Å². The lowest BCUT2D eigenvalue weighted by Gasteiger charge is -2.32. The van der Waals surface area contributed by atoms with Crippen LogP contribution in [0.1, 0.15) is 13.3 Å². The van der Waals surface area contributed by atoms with Gasteiger partial charge in [-0.05, 0) is 30.3 Å². The fraction of sp³-hybridized carbons (Fsp3) is 0.286. The van der Waals surface area contributed by atoms with Crippen molar-refractivity contribution in [3.8, 4) is 0 Å². The second kappa shape index (κ2) is 4.29. The average molecular weight is 241 g/mol. The van der Waals surface area contributed by atoms with Crippen LogP contribution >= 0.6 is 0 Å². The summed E-state index contributed by atoms with van der Waals surface area (Å²) in [7, 11) is 0. The van der Waals surface area contributed by atoms with Crippen molar-refractivity contribution < 1.29 is 4.79 Å². The van der Waals surface area contributed by atoms with Gasteiger partial charge in [0.2, 0.25) is 0 Å². The van der Waals surface area contributed by atoms with Gasteiger partial charge in [-0.15, -0.1) is 0 Å². The van der Waals surface area contributed by atoms with E-state index in [4.69, 9.17) is 0 Å². The predicted octanol–water partition coefficient (Wildman–Crippen LogP) is 1.50. The van der Waals surface area contributed by atoms with Crippen LogP contribution < -0.4 is 5.32 Å². The van der Waals surface area contributed by atoms with Crippen molar-refractivity contribution in [1.29, 1.82) is 0 Å². The third-order valence-electron chi connectivity index (χ3n) is 3.35. The summed E-state index contributed by atoms with van der Waals surface area (Å²) in [6.07, 6.45) is 9.99. The number of aliphatic imine (C=N–C) groups is 1. The van der Waals surface area contributed by atoms with Gasteiger partial charge in [-0.25, -0.2) is 0 Å². The van der Waals surface area contributed by atoms with Crippen LogP contribution in [0.3, 0.4) is 0 Å². The van der Waals surface area contributed by atoms with E-state index < -0.39 is 0 Å². The van der Waals surface area contributed by atoms with Crippen LogP contribution in [0.25, 0.3) is 0 Å². The number of nitrogens with one attached hydrogen (secondary N) is 1. The Bertz CT molecular complexity index is 549. The Labute approximate surface area is 106 Å². The zero-order valence-corrected chi connectivity index (χ0v) is 10.3. The summed E-state index contributed by atoms with van der Waals surface area (Å²) in [6.45, 7) is 3.59. The van der Waals surface area contributed by atoms with Gasteiger partial charge in [0.25, 0.3) is 0 Å². The number of hydrogen-bond acceptors (Lipinski definition) is 4. The van der Waals surface area contributed by atoms with Crippen molar-refractivity contribution in [2.45, 2.75) is 13.3 Å². The minimum absolute atomic E-state index is 0.148. The molecule has 2 aliphatic heterocycles. The molecule has 0 saturated carbocycles. The second-order valence-corrected chi connectivity index (χ2v) is 4.62. The first-order valence-electron chi connectivity index (χ1n) is 6.08. The van der Waals surface area contributed by atoms with Gasteiger partial charge < -0.3 is 10.2 Å². The molecule has 3 rings (SSSR count). The number of ketones is 1. The standard InChI is InChI=1S/C14H15N3O/c1-10-2-3-12(18)6-14(10)17-9-16-8-11-7-15-5-4-13(11)17/h2,4-6,9,15H,3,7-8H2,1H3. The number of nitrogens with zero attached hydrogens (tertiary/aromatic N) is 2. The fourth-order valence-electron chi connectivity index (χ4n) is 2.35. The number of carbonyl (C=O) groups excluding carboxylic acids is 1. The number of dihydropyridines is 1. The number of allylic oxidation sites excluding steroid dienone is 4. The molecule has 4 nitrogen and oxygen atoms in total. The highest BCUT2D eigenvalue weighted by molar-refractivity contribution is 5.94. The third-order valence-corrected chi connectivity index (χ3v) is 3.35. The Balaban J connectivity index is 2.01. The summed E-state index contributed by atoms with van der Waals surface area (Å²) < 4.78 is 0. The van der Waals surface area contributed by atoms with Crippen molar-refractivity contribution in [2.75, 3.05) is 13.1 Å². The van der Waals surface area contributed by atoms with Gasteiger partial charge in [-0.2, -0.15) is 0 Å². The summed E-state index contributed by atoms with van der Waals surface area (Å²) in [5, 5.41) is 3.19. The van der Waals surface area contributed by atoms with Crippen molar-refractivity contribution in [2.24, 2.45) is 4.99 Å². The highest BCUT2D eigenvalue weighted by Crippen LogP contribution is 2.27. The van der Waals surface area contributed by atoms with E-state index in [1.54, 1.807) is 6.08 Å². The molecular formula is C14H15N3O. The van der Waals surface area contributed by atoms with Crippen molar-refractivity contribution in [3.63, 3.8) is 0 Å². The molecule has 3 aliphatic rings. The van der Waals surface area contributed by atoms with Gasteiger partial charge in [0.05, 0.1) is 24.3 Å². The van der Waals surface area contributed by atoms with Crippen molar-refractivity contribution >= 4 is 12.1 Å². The Morgan fingerprint density at radius 2 is 2.33 bits per heavy atom. The summed E-state index contributed by atoms with van der Waals surface area (Å²) in [4.78, 5) is 18.0. The second-order valence-electron chi connectivity index (χ2n) is 4.62. The summed E-state index contributed by atoms with van der Waals surface area (Å²) >= 11 is 0. The lowest BCUT2D eigenvalue weighted by Crippen LogP contribution is -2.32. The van der Waals surface area contributed by atoms with Gasteiger partial charge in [-0.3, -0.25) is 9.79 Å². The minimum Gasteiger partial charge on any atom is -0.387 e. The van der Waals surface area contributed by atoms with E-state index in [9.17, 15) is 4.79 Å². The van der Waals surface area contributed by atoms with Crippen LogP contribution in [0.5, 0.6) is 0 Å². The number of carbonyl (C=O) groups is 1.